The lowest BCUT2D eigenvalue weighted by molar-refractivity contribution is -0.202. The molecule has 1 heterocycles. The first kappa shape index (κ1) is 23.9. The van der Waals surface area contributed by atoms with Crippen LogP contribution in [0.15, 0.2) is 29.2 Å². The second-order valence-corrected chi connectivity index (χ2v) is 9.58. The minimum atomic E-state index is -5.42. The van der Waals surface area contributed by atoms with Gasteiger partial charge in [0, 0.05) is 4.75 Å². The van der Waals surface area contributed by atoms with Gasteiger partial charge in [0.2, 0.25) is 10.0 Å². The van der Waals surface area contributed by atoms with Crippen LogP contribution in [0.3, 0.4) is 0 Å². The largest absolute Gasteiger partial charge is 0.491 e. The van der Waals surface area contributed by atoms with Gasteiger partial charge in [-0.3, -0.25) is 0 Å². The first-order valence-electron chi connectivity index (χ1n) is 8.27. The van der Waals surface area contributed by atoms with Gasteiger partial charge in [0.05, 0.1) is 5.02 Å². The van der Waals surface area contributed by atoms with Crippen LogP contribution in [-0.4, -0.2) is 62.4 Å². The number of nitrogens with one attached hydrogen (secondary N) is 1. The van der Waals surface area contributed by atoms with E-state index in [0.29, 0.717) is 13.1 Å². The lowest BCUT2D eigenvalue weighted by atomic mass is 9.88. The van der Waals surface area contributed by atoms with Gasteiger partial charge in [-0.1, -0.05) is 23.7 Å². The molecule has 162 valence electrons. The number of halogens is 4. The van der Waals surface area contributed by atoms with Crippen LogP contribution in [0.2, 0.25) is 5.02 Å². The van der Waals surface area contributed by atoms with Crippen molar-refractivity contribution >= 4 is 46.2 Å². The first-order chi connectivity index (χ1) is 13.3. The maximum atomic E-state index is 12.7. The molecule has 1 aromatic carbocycles. The van der Waals surface area contributed by atoms with Gasteiger partial charge < -0.3 is 9.64 Å². The number of hydrogen-bond donors (Lipinski definition) is 2. The van der Waals surface area contributed by atoms with Crippen LogP contribution in [0.5, 0.6) is 0 Å². The summed E-state index contributed by atoms with van der Waals surface area (Å²) in [5.74, 6) is -4.43. The molecule has 1 N–H and O–H groups in total. The highest BCUT2D eigenvalue weighted by atomic mass is 35.5. The molecule has 0 aliphatic carbocycles. The minimum Gasteiger partial charge on any atom is -0.385 e. The Balaban J connectivity index is 2.38. The topological polar surface area (TPSA) is 92.8 Å². The zero-order valence-corrected chi connectivity index (χ0v) is 17.5. The van der Waals surface area contributed by atoms with E-state index in [9.17, 15) is 31.2 Å². The second-order valence-electron chi connectivity index (χ2n) is 6.60. The highest BCUT2D eigenvalue weighted by molar-refractivity contribution is 7.89. The summed E-state index contributed by atoms with van der Waals surface area (Å²) in [5.41, 5.74) is 0. The number of benzene rings is 1. The molecule has 0 saturated carbocycles. The number of ether oxygens (including phenoxy) is 1. The number of hydrogen-bond acceptors (Lipinski definition) is 7. The van der Waals surface area contributed by atoms with Gasteiger partial charge in [-0.15, -0.1) is 0 Å². The average molecular weight is 475 g/mol. The summed E-state index contributed by atoms with van der Waals surface area (Å²) in [6.07, 6.45) is -5.12. The Morgan fingerprint density at radius 2 is 1.83 bits per heavy atom. The van der Waals surface area contributed by atoms with Gasteiger partial charge >= 0.3 is 18.1 Å². The van der Waals surface area contributed by atoms with Crippen LogP contribution in [0, 0.1) is 0 Å². The quantitative estimate of drug-likeness (QED) is 0.385. The fourth-order valence-electron chi connectivity index (χ4n) is 2.76. The zero-order valence-electron chi connectivity index (χ0n) is 15.1. The van der Waals surface area contributed by atoms with Crippen LogP contribution in [-0.2, 0) is 24.3 Å². The average Bonchev–Trinajstić information content (AvgIpc) is 2.61. The molecule has 7 nitrogen and oxygen atoms in total. The lowest BCUT2D eigenvalue weighted by Gasteiger charge is -2.41. The summed E-state index contributed by atoms with van der Waals surface area (Å²) >= 11 is 10.3. The molecular weight excluding hydrogens is 457 g/mol. The number of alkyl halides is 3. The minimum absolute atomic E-state index is 0.150. The molecule has 1 atom stereocenters. The Bertz CT molecular complexity index is 887. The Labute approximate surface area is 176 Å². The van der Waals surface area contributed by atoms with Gasteiger partial charge in [0.25, 0.3) is 0 Å². The Kier molecular flexibility index (Phi) is 7.26. The van der Waals surface area contributed by atoms with E-state index in [0.717, 1.165) is 6.07 Å². The van der Waals surface area contributed by atoms with Gasteiger partial charge in [-0.2, -0.15) is 30.5 Å². The number of carbonyl (C=O) groups is 2. The third-order valence-corrected chi connectivity index (χ3v) is 7.08. The summed E-state index contributed by atoms with van der Waals surface area (Å²) in [6, 6.07) is 3.46. The molecule has 0 spiro atoms. The smallest absolute Gasteiger partial charge is 0.385 e. The Morgan fingerprint density at radius 1 is 1.28 bits per heavy atom. The van der Waals surface area contributed by atoms with Crippen molar-refractivity contribution in [1.82, 2.24) is 9.62 Å². The van der Waals surface area contributed by atoms with Crippen molar-refractivity contribution in [3.05, 3.63) is 29.3 Å². The van der Waals surface area contributed by atoms with Crippen molar-refractivity contribution in [2.75, 3.05) is 20.1 Å². The SMILES string of the molecule is CN1CCC(S)([C@@H](NS(=O)(=O)c2ccccc2Cl)C(=O)OC(=O)C(F)(F)F)CC1. The second kappa shape index (κ2) is 8.80. The summed E-state index contributed by atoms with van der Waals surface area (Å²) < 4.78 is 67.6. The molecule has 1 saturated heterocycles. The van der Waals surface area contributed by atoms with Crippen molar-refractivity contribution in [1.29, 1.82) is 0 Å². The first-order valence-corrected chi connectivity index (χ1v) is 10.6. The van der Waals surface area contributed by atoms with E-state index in [1.807, 2.05) is 9.62 Å². The van der Waals surface area contributed by atoms with Crippen LogP contribution >= 0.6 is 24.2 Å². The molecule has 1 aliphatic rings. The van der Waals surface area contributed by atoms with Gasteiger partial charge in [-0.25, -0.2) is 18.0 Å². The zero-order chi connectivity index (χ0) is 22.0. The van der Waals surface area contributed by atoms with Crippen molar-refractivity contribution in [2.45, 2.75) is 34.7 Å². The maximum Gasteiger partial charge on any atom is 0.491 e. The number of rotatable bonds is 5. The molecular formula is C16H18ClF3N2O5S2. The van der Waals surface area contributed by atoms with Crippen molar-refractivity contribution < 1.29 is 35.9 Å². The van der Waals surface area contributed by atoms with E-state index in [-0.39, 0.29) is 22.8 Å². The summed E-state index contributed by atoms with van der Waals surface area (Å²) in [6.45, 7) is 0.794. The molecule has 1 fully saturated rings. The third kappa shape index (κ3) is 5.85. The van der Waals surface area contributed by atoms with E-state index in [1.165, 1.54) is 18.2 Å². The number of likely N-dealkylation sites (tertiary alicyclic amines) is 1. The summed E-state index contributed by atoms with van der Waals surface area (Å²) in [4.78, 5) is 25.0. The van der Waals surface area contributed by atoms with Gasteiger partial charge in [0.15, 0.2) is 0 Å². The van der Waals surface area contributed by atoms with E-state index < -0.39 is 38.9 Å². The van der Waals surface area contributed by atoms with E-state index >= 15 is 0 Å². The van der Waals surface area contributed by atoms with E-state index in [1.54, 1.807) is 7.05 Å². The normalized spacial score (nSPS) is 18.8. The molecule has 0 radical (unpaired) electrons. The van der Waals surface area contributed by atoms with Gasteiger partial charge in [0.1, 0.15) is 10.9 Å². The van der Waals surface area contributed by atoms with Crippen molar-refractivity contribution in [2.24, 2.45) is 0 Å². The third-order valence-electron chi connectivity index (χ3n) is 4.45. The van der Waals surface area contributed by atoms with Gasteiger partial charge in [-0.05, 0) is 45.1 Å². The molecule has 2 rings (SSSR count). The molecule has 0 aromatic heterocycles. The molecule has 1 aliphatic heterocycles. The number of carbonyl (C=O) groups excluding carboxylic acids is 2. The molecule has 29 heavy (non-hydrogen) atoms. The van der Waals surface area contributed by atoms with E-state index in [4.69, 9.17) is 11.6 Å². The highest BCUT2D eigenvalue weighted by Crippen LogP contribution is 2.34. The summed E-state index contributed by atoms with van der Waals surface area (Å²) in [7, 11) is -2.67. The number of thiol groups is 1. The maximum absolute atomic E-state index is 12.7. The number of piperidine rings is 1. The number of sulfonamides is 1. The molecule has 1 aromatic rings. The predicted molar refractivity (Wildman–Crippen MR) is 101 cm³/mol. The van der Waals surface area contributed by atoms with Crippen LogP contribution in [0.1, 0.15) is 12.8 Å². The van der Waals surface area contributed by atoms with Crippen LogP contribution in [0.4, 0.5) is 13.2 Å². The van der Waals surface area contributed by atoms with Crippen molar-refractivity contribution in [3.8, 4) is 0 Å². The summed E-state index contributed by atoms with van der Waals surface area (Å²) in [5, 5.41) is -0.157. The monoisotopic (exact) mass is 474 g/mol. The molecule has 0 bridgehead atoms. The number of esters is 2. The number of nitrogens with zero attached hydrogens (tertiary/aromatic N) is 1. The fraction of sp³-hybridized carbons (Fsp3) is 0.500. The lowest BCUT2D eigenvalue weighted by Crippen LogP contribution is -2.58. The predicted octanol–water partition coefficient (Wildman–Crippen LogP) is 2.01. The van der Waals surface area contributed by atoms with Crippen molar-refractivity contribution in [3.63, 3.8) is 0 Å². The fourth-order valence-corrected chi connectivity index (χ4v) is 5.00. The van der Waals surface area contributed by atoms with Crippen LogP contribution < -0.4 is 4.72 Å². The molecule has 0 unspecified atom stereocenters. The molecule has 0 amide bonds. The Morgan fingerprint density at radius 3 is 2.34 bits per heavy atom. The van der Waals surface area contributed by atoms with E-state index in [2.05, 4.69) is 17.4 Å². The standard InChI is InChI=1S/C16H18ClF3N2O5S2/c1-22-8-6-15(28,7-9-22)12(13(23)27-14(24)16(18,19)20)21-29(25,26)11-5-3-2-4-10(11)17/h2-5,12,21,28H,6-9H2,1H3/t12-/m0/s1. The Hall–Kier alpha value is -1.34. The van der Waals surface area contributed by atoms with Crippen LogP contribution in [0.25, 0.3) is 0 Å². The highest BCUT2D eigenvalue weighted by Gasteiger charge is 2.49. The molecule has 13 heteroatoms.